The lowest BCUT2D eigenvalue weighted by Gasteiger charge is -2.19. The number of hydrogen-bond donors (Lipinski definition) is 2. The van der Waals surface area contributed by atoms with Crippen LogP contribution in [0.3, 0.4) is 0 Å². The Morgan fingerprint density at radius 2 is 1.84 bits per heavy atom. The van der Waals surface area contributed by atoms with Gasteiger partial charge in [0.15, 0.2) is 21.3 Å². The number of sulfone groups is 1. The summed E-state index contributed by atoms with van der Waals surface area (Å²) in [6.45, 7) is 1.70. The molecule has 1 amide bonds. The molecule has 0 aliphatic rings. The van der Waals surface area contributed by atoms with E-state index >= 15 is 0 Å². The van der Waals surface area contributed by atoms with Crippen molar-refractivity contribution in [1.29, 1.82) is 0 Å². The summed E-state index contributed by atoms with van der Waals surface area (Å²) in [4.78, 5) is 23.1. The van der Waals surface area contributed by atoms with Crippen molar-refractivity contribution >= 4 is 21.7 Å². The molecule has 1 atom stereocenters. The highest BCUT2D eigenvalue weighted by Crippen LogP contribution is 2.31. The Kier molecular flexibility index (Phi) is 7.69. The summed E-state index contributed by atoms with van der Waals surface area (Å²) in [6, 6.07) is 3.84. The summed E-state index contributed by atoms with van der Waals surface area (Å²) >= 11 is 0. The lowest BCUT2D eigenvalue weighted by Crippen LogP contribution is -2.35. The topological polar surface area (TPSA) is 119 Å². The van der Waals surface area contributed by atoms with Gasteiger partial charge < -0.3 is 19.9 Å². The summed E-state index contributed by atoms with van der Waals surface area (Å²) in [6.07, 6.45) is 0.0128. The first-order valence-corrected chi connectivity index (χ1v) is 9.48. The molecular formula is C16H23NO7S. The maximum absolute atomic E-state index is 12.0. The molecule has 0 aliphatic carbocycles. The van der Waals surface area contributed by atoms with E-state index in [1.807, 2.05) is 0 Å². The van der Waals surface area contributed by atoms with Crippen LogP contribution in [0, 0.1) is 0 Å². The Balaban J connectivity index is 3.02. The lowest BCUT2D eigenvalue weighted by atomic mass is 10.0. The Labute approximate surface area is 147 Å². The number of carbonyl (C=O) groups excluding carboxylic acids is 1. The van der Waals surface area contributed by atoms with E-state index in [1.165, 1.54) is 14.2 Å². The normalized spacial score (nSPS) is 12.3. The molecule has 0 aromatic heterocycles. The quantitative estimate of drug-likeness (QED) is 0.631. The van der Waals surface area contributed by atoms with Crippen molar-refractivity contribution in [2.45, 2.75) is 25.8 Å². The van der Waals surface area contributed by atoms with Gasteiger partial charge in [0.2, 0.25) is 5.91 Å². The van der Waals surface area contributed by atoms with Crippen LogP contribution in [-0.2, 0) is 19.4 Å². The van der Waals surface area contributed by atoms with Crippen molar-refractivity contribution in [3.8, 4) is 11.5 Å². The number of methoxy groups -OCH3 is 2. The minimum Gasteiger partial charge on any atom is -0.493 e. The van der Waals surface area contributed by atoms with Crippen LogP contribution in [-0.4, -0.2) is 51.1 Å². The smallest absolute Gasteiger partial charge is 0.305 e. The molecule has 1 unspecified atom stereocenters. The van der Waals surface area contributed by atoms with E-state index in [-0.39, 0.29) is 5.75 Å². The average molecular weight is 373 g/mol. The molecule has 0 bridgehead atoms. The molecule has 0 radical (unpaired) electrons. The highest BCUT2D eigenvalue weighted by molar-refractivity contribution is 7.92. The maximum atomic E-state index is 12.0. The molecule has 1 rings (SSSR count). The molecule has 0 saturated heterocycles. The predicted octanol–water partition coefficient (Wildman–Crippen LogP) is 1.16. The van der Waals surface area contributed by atoms with E-state index in [2.05, 4.69) is 5.32 Å². The molecule has 0 heterocycles. The molecular weight excluding hydrogens is 350 g/mol. The summed E-state index contributed by atoms with van der Waals surface area (Å²) < 4.78 is 33.8. The number of ether oxygens (including phenoxy) is 2. The van der Waals surface area contributed by atoms with Gasteiger partial charge in [-0.3, -0.25) is 9.59 Å². The second-order valence-electron chi connectivity index (χ2n) is 5.42. The Morgan fingerprint density at radius 3 is 2.36 bits per heavy atom. The zero-order valence-corrected chi connectivity index (χ0v) is 15.3. The molecule has 140 valence electrons. The van der Waals surface area contributed by atoms with Gasteiger partial charge in [0.05, 0.1) is 32.4 Å². The van der Waals surface area contributed by atoms with E-state index < -0.39 is 39.9 Å². The third kappa shape index (κ3) is 6.61. The van der Waals surface area contributed by atoms with Crippen LogP contribution >= 0.6 is 0 Å². The van der Waals surface area contributed by atoms with Gasteiger partial charge in [-0.1, -0.05) is 13.0 Å². The molecule has 9 heteroatoms. The molecule has 1 aromatic rings. The first kappa shape index (κ1) is 20.8. The van der Waals surface area contributed by atoms with Gasteiger partial charge in [0.25, 0.3) is 0 Å². The Hall–Kier alpha value is -2.29. The van der Waals surface area contributed by atoms with Crippen molar-refractivity contribution < 1.29 is 32.6 Å². The van der Waals surface area contributed by atoms with Gasteiger partial charge in [0.1, 0.15) is 5.75 Å². The first-order valence-electron chi connectivity index (χ1n) is 7.66. The number of carbonyl (C=O) groups is 2. The van der Waals surface area contributed by atoms with Crippen LogP contribution < -0.4 is 14.8 Å². The van der Waals surface area contributed by atoms with Gasteiger partial charge in [-0.15, -0.1) is 0 Å². The van der Waals surface area contributed by atoms with Gasteiger partial charge in [-0.2, -0.15) is 0 Å². The van der Waals surface area contributed by atoms with E-state index in [4.69, 9.17) is 14.6 Å². The van der Waals surface area contributed by atoms with Crippen LogP contribution in [0.15, 0.2) is 18.2 Å². The predicted molar refractivity (Wildman–Crippen MR) is 91.6 cm³/mol. The molecule has 0 aliphatic heterocycles. The number of carboxylic acid groups (broad SMARTS) is 1. The fourth-order valence-electron chi connectivity index (χ4n) is 2.32. The number of carboxylic acids is 1. The minimum atomic E-state index is -3.51. The molecule has 0 saturated carbocycles. The van der Waals surface area contributed by atoms with Gasteiger partial charge in [0, 0.05) is 0 Å². The summed E-state index contributed by atoms with van der Waals surface area (Å²) in [5.74, 6) is -1.81. The van der Waals surface area contributed by atoms with Crippen LogP contribution in [0.4, 0.5) is 0 Å². The number of aliphatic carboxylic acids is 1. The highest BCUT2D eigenvalue weighted by atomic mass is 32.2. The molecule has 0 fully saturated rings. The zero-order chi connectivity index (χ0) is 19.0. The molecule has 1 aromatic carbocycles. The monoisotopic (exact) mass is 373 g/mol. The van der Waals surface area contributed by atoms with Crippen molar-refractivity contribution in [3.05, 3.63) is 23.8 Å². The number of hydrogen-bond acceptors (Lipinski definition) is 6. The van der Waals surface area contributed by atoms with E-state index in [1.54, 1.807) is 25.1 Å². The lowest BCUT2D eigenvalue weighted by molar-refractivity contribution is -0.137. The van der Waals surface area contributed by atoms with Crippen molar-refractivity contribution in [1.82, 2.24) is 5.32 Å². The van der Waals surface area contributed by atoms with Gasteiger partial charge in [-0.25, -0.2) is 8.42 Å². The van der Waals surface area contributed by atoms with Crippen LogP contribution in [0.5, 0.6) is 11.5 Å². The van der Waals surface area contributed by atoms with E-state index in [9.17, 15) is 18.0 Å². The molecule has 25 heavy (non-hydrogen) atoms. The van der Waals surface area contributed by atoms with Crippen molar-refractivity contribution in [2.24, 2.45) is 0 Å². The maximum Gasteiger partial charge on any atom is 0.305 e. The number of amides is 1. The average Bonchev–Trinajstić information content (AvgIpc) is 2.52. The fraction of sp³-hybridized carbons (Fsp3) is 0.500. The van der Waals surface area contributed by atoms with E-state index in [0.29, 0.717) is 23.5 Å². The third-order valence-corrected chi connectivity index (χ3v) is 5.12. The van der Waals surface area contributed by atoms with Crippen LogP contribution in [0.25, 0.3) is 0 Å². The fourth-order valence-corrected chi connectivity index (χ4v) is 3.56. The van der Waals surface area contributed by atoms with E-state index in [0.717, 1.165) is 0 Å². The Morgan fingerprint density at radius 1 is 1.20 bits per heavy atom. The summed E-state index contributed by atoms with van der Waals surface area (Å²) in [5.41, 5.74) is 0.473. The minimum absolute atomic E-state index is 0.0968. The number of benzene rings is 1. The van der Waals surface area contributed by atoms with Gasteiger partial charge >= 0.3 is 5.97 Å². The SMILES string of the molecule is CCCS(=O)(=O)CC(=O)NC(CC(=O)O)c1ccc(OC)c(OC)c1. The third-order valence-electron chi connectivity index (χ3n) is 3.39. The van der Waals surface area contributed by atoms with Crippen LogP contribution in [0.1, 0.15) is 31.4 Å². The molecule has 0 spiro atoms. The largest absolute Gasteiger partial charge is 0.493 e. The standard InChI is InChI=1S/C16H23NO7S/c1-4-7-25(21,22)10-15(18)17-12(9-16(19)20)11-5-6-13(23-2)14(8-11)24-3/h5-6,8,12H,4,7,9-10H2,1-3H3,(H,17,18)(H,19,20). The van der Waals surface area contributed by atoms with Gasteiger partial charge in [-0.05, 0) is 24.1 Å². The zero-order valence-electron chi connectivity index (χ0n) is 14.4. The first-order chi connectivity index (χ1) is 11.7. The molecule has 2 N–H and O–H groups in total. The summed E-state index contributed by atoms with van der Waals surface area (Å²) in [5, 5.41) is 11.5. The Bertz CT molecular complexity index is 715. The van der Waals surface area contributed by atoms with Crippen LogP contribution in [0.2, 0.25) is 0 Å². The summed E-state index contributed by atoms with van der Waals surface area (Å²) in [7, 11) is -0.616. The number of rotatable bonds is 10. The number of nitrogens with one attached hydrogen (secondary N) is 1. The second-order valence-corrected chi connectivity index (χ2v) is 7.61. The highest BCUT2D eigenvalue weighted by Gasteiger charge is 2.23. The van der Waals surface area contributed by atoms with Crippen molar-refractivity contribution in [2.75, 3.05) is 25.7 Å². The molecule has 8 nitrogen and oxygen atoms in total. The van der Waals surface area contributed by atoms with Crippen molar-refractivity contribution in [3.63, 3.8) is 0 Å². The second kappa shape index (κ2) is 9.26.